The van der Waals surface area contributed by atoms with Crippen molar-refractivity contribution in [2.24, 2.45) is 0 Å². The number of halogens is 4. The van der Waals surface area contributed by atoms with Crippen molar-refractivity contribution >= 4 is 25.4 Å². The van der Waals surface area contributed by atoms with E-state index in [2.05, 4.69) is 4.74 Å². The highest BCUT2D eigenvalue weighted by Gasteiger charge is 2.39. The average molecular weight is 323 g/mol. The van der Waals surface area contributed by atoms with Crippen LogP contribution in [0.3, 0.4) is 0 Å². The van der Waals surface area contributed by atoms with Crippen LogP contribution in [0.5, 0.6) is 5.75 Å². The number of nitrogens with one attached hydrogen (secondary N) is 1. The molecule has 0 unspecified atom stereocenters. The third-order valence-corrected chi connectivity index (χ3v) is 2.99. The number of aromatic amines is 1. The lowest BCUT2D eigenvalue weighted by Crippen LogP contribution is -2.24. The number of pyridine rings is 1. The average Bonchev–Trinajstić information content (AvgIpc) is 2.16. The summed E-state index contributed by atoms with van der Waals surface area (Å²) in [4.78, 5) is 20.4. The van der Waals surface area contributed by atoms with Crippen LogP contribution in [0.25, 0.3) is 0 Å². The topological polar surface area (TPSA) is 119 Å². The van der Waals surface area contributed by atoms with Crippen LogP contribution in [0.15, 0.2) is 15.9 Å². The smallest absolute Gasteiger partial charge is 0.392 e. The Hall–Kier alpha value is -1.82. The van der Waals surface area contributed by atoms with Crippen molar-refractivity contribution < 1.29 is 31.2 Å². The lowest BCUT2D eigenvalue weighted by Gasteiger charge is -2.09. The zero-order chi connectivity index (χ0) is 15.0. The van der Waals surface area contributed by atoms with Crippen molar-refractivity contribution in [2.75, 3.05) is 0 Å². The second kappa shape index (κ2) is 4.70. The number of nitro groups is 1. The molecule has 0 atom stereocenters. The zero-order valence-corrected chi connectivity index (χ0v) is 9.97. The number of alkyl halides is 3. The van der Waals surface area contributed by atoms with Gasteiger partial charge in [0.25, 0.3) is 20.4 Å². The minimum atomic E-state index is -5.42. The molecule has 1 aromatic rings. The monoisotopic (exact) mass is 322 g/mol. The summed E-state index contributed by atoms with van der Waals surface area (Å²) in [6.07, 6.45) is -5.13. The Labute approximate surface area is 106 Å². The molecule has 19 heavy (non-hydrogen) atoms. The molecule has 0 aliphatic rings. The minimum Gasteiger partial charge on any atom is -0.392 e. The Bertz CT molecular complexity index is 681. The standard InChI is InChI=1S/C6H2ClF3N2O6S/c7-19(16,17)2-1-11-5(13)4(3(2)12(14)15)18-6(8,9)10/h1H,(H,11,13). The molecule has 8 nitrogen and oxygen atoms in total. The van der Waals surface area contributed by atoms with Gasteiger partial charge in [0.1, 0.15) is 0 Å². The summed E-state index contributed by atoms with van der Waals surface area (Å²) in [5.41, 5.74) is -3.33. The minimum absolute atomic E-state index is 0.298. The van der Waals surface area contributed by atoms with Gasteiger partial charge in [-0.2, -0.15) is 0 Å². The Morgan fingerprint density at radius 3 is 2.32 bits per heavy atom. The van der Waals surface area contributed by atoms with Gasteiger partial charge in [0.2, 0.25) is 0 Å². The van der Waals surface area contributed by atoms with E-state index in [9.17, 15) is 36.5 Å². The summed E-state index contributed by atoms with van der Waals surface area (Å²) < 4.78 is 61.2. The van der Waals surface area contributed by atoms with Crippen LogP contribution in [0, 0.1) is 10.1 Å². The molecule has 0 bridgehead atoms. The van der Waals surface area contributed by atoms with Crippen LogP contribution >= 0.6 is 10.7 Å². The van der Waals surface area contributed by atoms with Crippen molar-refractivity contribution in [1.29, 1.82) is 0 Å². The summed E-state index contributed by atoms with van der Waals surface area (Å²) in [5.74, 6) is -1.82. The second-order valence-corrected chi connectivity index (χ2v) is 5.44. The first-order valence-corrected chi connectivity index (χ1v) is 6.35. The molecule has 1 N–H and O–H groups in total. The normalized spacial score (nSPS) is 12.2. The maximum atomic E-state index is 12.0. The first-order chi connectivity index (χ1) is 8.43. The predicted molar refractivity (Wildman–Crippen MR) is 53.4 cm³/mol. The molecular formula is C6H2ClF3N2O6S. The van der Waals surface area contributed by atoms with Crippen LogP contribution in [0.4, 0.5) is 18.9 Å². The quantitative estimate of drug-likeness (QED) is 0.505. The summed E-state index contributed by atoms with van der Waals surface area (Å²) >= 11 is 0. The summed E-state index contributed by atoms with van der Waals surface area (Å²) in [6, 6.07) is 0. The van der Waals surface area contributed by atoms with Gasteiger partial charge in [-0.25, -0.2) is 8.42 Å². The molecule has 106 valence electrons. The number of hydrogen-bond acceptors (Lipinski definition) is 6. The molecule has 0 saturated carbocycles. The van der Waals surface area contributed by atoms with E-state index in [4.69, 9.17) is 10.7 Å². The molecule has 0 fully saturated rings. The number of ether oxygens (including phenoxy) is 1. The van der Waals surface area contributed by atoms with Gasteiger partial charge >= 0.3 is 12.0 Å². The predicted octanol–water partition coefficient (Wildman–Crippen LogP) is 1.11. The zero-order valence-electron chi connectivity index (χ0n) is 8.39. The number of aromatic nitrogens is 1. The van der Waals surface area contributed by atoms with Crippen molar-refractivity contribution in [3.63, 3.8) is 0 Å². The third kappa shape index (κ3) is 3.57. The number of hydrogen-bond donors (Lipinski definition) is 1. The van der Waals surface area contributed by atoms with Gasteiger partial charge in [0.05, 0.1) is 4.92 Å². The van der Waals surface area contributed by atoms with E-state index in [0.717, 1.165) is 0 Å². The van der Waals surface area contributed by atoms with E-state index < -0.39 is 42.2 Å². The Balaban J connectivity index is 3.71. The van der Waals surface area contributed by atoms with Crippen LogP contribution in [0.2, 0.25) is 0 Å². The first-order valence-electron chi connectivity index (χ1n) is 4.04. The molecule has 0 radical (unpaired) electrons. The molecule has 0 spiro atoms. The maximum Gasteiger partial charge on any atom is 0.573 e. The number of H-pyrrole nitrogens is 1. The van der Waals surface area contributed by atoms with Gasteiger partial charge in [-0.3, -0.25) is 14.9 Å². The van der Waals surface area contributed by atoms with Crippen LogP contribution in [-0.2, 0) is 9.05 Å². The molecule has 0 saturated heterocycles. The fraction of sp³-hybridized carbons (Fsp3) is 0.167. The Morgan fingerprint density at radius 1 is 1.42 bits per heavy atom. The van der Waals surface area contributed by atoms with E-state index in [1.807, 2.05) is 0 Å². The van der Waals surface area contributed by atoms with Gasteiger partial charge in [-0.15, -0.1) is 13.2 Å². The van der Waals surface area contributed by atoms with Gasteiger partial charge < -0.3 is 9.72 Å². The third-order valence-electron chi connectivity index (χ3n) is 1.65. The lowest BCUT2D eigenvalue weighted by molar-refractivity contribution is -0.391. The van der Waals surface area contributed by atoms with Crippen LogP contribution in [-0.4, -0.2) is 24.7 Å². The van der Waals surface area contributed by atoms with Crippen molar-refractivity contribution in [3.8, 4) is 5.75 Å². The van der Waals surface area contributed by atoms with E-state index in [1.54, 1.807) is 4.98 Å². The van der Waals surface area contributed by atoms with E-state index in [-0.39, 0.29) is 0 Å². The second-order valence-electron chi connectivity index (χ2n) is 2.90. The molecule has 0 aliphatic carbocycles. The highest BCUT2D eigenvalue weighted by atomic mass is 35.7. The number of rotatable bonds is 3. The summed E-state index contributed by atoms with van der Waals surface area (Å²) in [5, 5.41) is 10.6. The fourth-order valence-corrected chi connectivity index (χ4v) is 2.00. The lowest BCUT2D eigenvalue weighted by atomic mass is 10.4. The number of nitrogens with zero attached hydrogens (tertiary/aromatic N) is 1. The van der Waals surface area contributed by atoms with E-state index >= 15 is 0 Å². The van der Waals surface area contributed by atoms with Crippen molar-refractivity contribution in [3.05, 3.63) is 26.7 Å². The summed E-state index contributed by atoms with van der Waals surface area (Å²) in [6.45, 7) is 0. The molecule has 1 heterocycles. The van der Waals surface area contributed by atoms with Crippen molar-refractivity contribution in [1.82, 2.24) is 4.98 Å². The molecule has 0 aliphatic heterocycles. The molecule has 1 aromatic heterocycles. The van der Waals surface area contributed by atoms with E-state index in [0.29, 0.717) is 6.20 Å². The van der Waals surface area contributed by atoms with Gasteiger partial charge in [-0.1, -0.05) is 0 Å². The maximum absolute atomic E-state index is 12.0. The first kappa shape index (κ1) is 15.2. The highest BCUT2D eigenvalue weighted by molar-refractivity contribution is 8.13. The van der Waals surface area contributed by atoms with Gasteiger partial charge in [-0.05, 0) is 0 Å². The molecule has 1 rings (SSSR count). The Morgan fingerprint density at radius 2 is 1.95 bits per heavy atom. The Kier molecular flexibility index (Phi) is 3.77. The van der Waals surface area contributed by atoms with Crippen LogP contribution < -0.4 is 10.3 Å². The molecule has 13 heteroatoms. The molecule has 0 amide bonds. The fourth-order valence-electron chi connectivity index (χ4n) is 1.05. The SMILES string of the molecule is O=c1[nH]cc(S(=O)(=O)Cl)c([N+](=O)[O-])c1OC(F)(F)F. The molecule has 0 aromatic carbocycles. The van der Waals surface area contributed by atoms with E-state index in [1.165, 1.54) is 0 Å². The van der Waals surface area contributed by atoms with Crippen molar-refractivity contribution in [2.45, 2.75) is 11.3 Å². The summed E-state index contributed by atoms with van der Waals surface area (Å²) in [7, 11) is 0.0520. The van der Waals surface area contributed by atoms with Gasteiger partial charge in [0, 0.05) is 16.9 Å². The molecular weight excluding hydrogens is 321 g/mol. The van der Waals surface area contributed by atoms with Crippen LogP contribution in [0.1, 0.15) is 0 Å². The largest absolute Gasteiger partial charge is 0.573 e. The van der Waals surface area contributed by atoms with Gasteiger partial charge in [0.15, 0.2) is 4.90 Å². The highest BCUT2D eigenvalue weighted by Crippen LogP contribution is 2.34.